The van der Waals surface area contributed by atoms with Gasteiger partial charge in [-0.1, -0.05) is 33.1 Å². The smallest absolute Gasteiger partial charge is 0.210 e. The zero-order valence-corrected chi connectivity index (χ0v) is 9.31. The van der Waals surface area contributed by atoms with Crippen molar-refractivity contribution < 1.29 is 8.78 Å². The lowest BCUT2D eigenvalue weighted by Crippen LogP contribution is -2.25. The monoisotopic (exact) mass is 204 g/mol. The van der Waals surface area contributed by atoms with Crippen LogP contribution in [0, 0.1) is 17.8 Å². The summed E-state index contributed by atoms with van der Waals surface area (Å²) in [6.07, 6.45) is 4.21. The quantitative estimate of drug-likeness (QED) is 0.632. The molecule has 1 saturated carbocycles. The highest BCUT2D eigenvalue weighted by Crippen LogP contribution is 2.36. The van der Waals surface area contributed by atoms with E-state index in [-0.39, 0.29) is 5.92 Å². The SMILES string of the molecule is CC(C)CC(C(F)F)C1CCCCC1. The van der Waals surface area contributed by atoms with E-state index in [0.717, 1.165) is 25.7 Å². The first-order valence-corrected chi connectivity index (χ1v) is 5.89. The van der Waals surface area contributed by atoms with Crippen molar-refractivity contribution in [2.75, 3.05) is 0 Å². The number of halogens is 2. The molecule has 0 aliphatic heterocycles. The molecule has 0 N–H and O–H groups in total. The fourth-order valence-electron chi connectivity index (χ4n) is 2.61. The molecule has 0 nitrogen and oxygen atoms in total. The molecule has 1 fully saturated rings. The van der Waals surface area contributed by atoms with Gasteiger partial charge in [0.1, 0.15) is 0 Å². The highest BCUT2D eigenvalue weighted by molar-refractivity contribution is 4.76. The van der Waals surface area contributed by atoms with Crippen molar-refractivity contribution in [3.8, 4) is 0 Å². The zero-order chi connectivity index (χ0) is 10.6. The van der Waals surface area contributed by atoms with Gasteiger partial charge in [-0.15, -0.1) is 0 Å². The molecule has 0 bridgehead atoms. The molecule has 0 radical (unpaired) electrons. The van der Waals surface area contributed by atoms with Gasteiger partial charge in [-0.25, -0.2) is 8.78 Å². The van der Waals surface area contributed by atoms with Crippen LogP contribution < -0.4 is 0 Å². The lowest BCUT2D eigenvalue weighted by atomic mass is 9.77. The van der Waals surface area contributed by atoms with E-state index in [4.69, 9.17) is 0 Å². The molecule has 0 saturated heterocycles. The topological polar surface area (TPSA) is 0 Å². The molecular formula is C12H22F2. The lowest BCUT2D eigenvalue weighted by Gasteiger charge is -2.30. The van der Waals surface area contributed by atoms with E-state index in [0.29, 0.717) is 18.3 Å². The van der Waals surface area contributed by atoms with Gasteiger partial charge in [0.25, 0.3) is 0 Å². The van der Waals surface area contributed by atoms with Gasteiger partial charge < -0.3 is 0 Å². The second-order valence-corrected chi connectivity index (χ2v) is 5.03. The van der Waals surface area contributed by atoms with Crippen LogP contribution in [0.5, 0.6) is 0 Å². The molecular weight excluding hydrogens is 182 g/mol. The summed E-state index contributed by atoms with van der Waals surface area (Å²) in [7, 11) is 0. The molecule has 1 atom stereocenters. The standard InChI is InChI=1S/C12H22F2/c1-9(2)8-11(12(13)14)10-6-4-3-5-7-10/h9-12H,3-8H2,1-2H3. The summed E-state index contributed by atoms with van der Waals surface area (Å²) in [5.41, 5.74) is 0. The molecule has 14 heavy (non-hydrogen) atoms. The molecule has 0 heterocycles. The summed E-state index contributed by atoms with van der Waals surface area (Å²) < 4.78 is 25.7. The average Bonchev–Trinajstić information content (AvgIpc) is 2.15. The number of hydrogen-bond acceptors (Lipinski definition) is 0. The number of hydrogen-bond donors (Lipinski definition) is 0. The molecule has 1 aliphatic carbocycles. The Morgan fingerprint density at radius 2 is 1.64 bits per heavy atom. The van der Waals surface area contributed by atoms with Gasteiger partial charge in [-0.3, -0.25) is 0 Å². The van der Waals surface area contributed by atoms with Gasteiger partial charge in [0, 0.05) is 5.92 Å². The van der Waals surface area contributed by atoms with E-state index in [1.807, 2.05) is 13.8 Å². The summed E-state index contributed by atoms with van der Waals surface area (Å²) in [6, 6.07) is 0. The predicted molar refractivity (Wildman–Crippen MR) is 55.5 cm³/mol. The van der Waals surface area contributed by atoms with Gasteiger partial charge >= 0.3 is 0 Å². The number of rotatable bonds is 4. The van der Waals surface area contributed by atoms with Crippen LogP contribution in [-0.2, 0) is 0 Å². The maximum atomic E-state index is 12.8. The fourth-order valence-corrected chi connectivity index (χ4v) is 2.61. The Kier molecular flexibility index (Phi) is 4.83. The van der Waals surface area contributed by atoms with Crippen molar-refractivity contribution in [2.45, 2.75) is 58.8 Å². The van der Waals surface area contributed by atoms with Crippen LogP contribution in [0.3, 0.4) is 0 Å². The van der Waals surface area contributed by atoms with Crippen LogP contribution >= 0.6 is 0 Å². The van der Waals surface area contributed by atoms with E-state index in [9.17, 15) is 8.78 Å². The summed E-state index contributed by atoms with van der Waals surface area (Å²) >= 11 is 0. The Morgan fingerprint density at radius 3 is 2.07 bits per heavy atom. The van der Waals surface area contributed by atoms with E-state index in [1.165, 1.54) is 6.42 Å². The summed E-state index contributed by atoms with van der Waals surface area (Å²) in [6.45, 7) is 4.08. The van der Waals surface area contributed by atoms with Crippen molar-refractivity contribution in [1.82, 2.24) is 0 Å². The average molecular weight is 204 g/mol. The van der Waals surface area contributed by atoms with E-state index in [1.54, 1.807) is 0 Å². The normalized spacial score (nSPS) is 21.9. The molecule has 0 aromatic rings. The second kappa shape index (κ2) is 5.67. The first-order valence-electron chi connectivity index (χ1n) is 5.89. The van der Waals surface area contributed by atoms with Crippen LogP contribution in [0.15, 0.2) is 0 Å². The maximum Gasteiger partial charge on any atom is 0.241 e. The second-order valence-electron chi connectivity index (χ2n) is 5.03. The molecule has 2 heteroatoms. The van der Waals surface area contributed by atoms with Crippen molar-refractivity contribution in [3.05, 3.63) is 0 Å². The summed E-state index contributed by atoms with van der Waals surface area (Å²) in [4.78, 5) is 0. The molecule has 84 valence electrons. The zero-order valence-electron chi connectivity index (χ0n) is 9.31. The Hall–Kier alpha value is -0.140. The molecule has 0 amide bonds. The minimum absolute atomic E-state index is 0.297. The van der Waals surface area contributed by atoms with Crippen molar-refractivity contribution >= 4 is 0 Å². The van der Waals surface area contributed by atoms with E-state index >= 15 is 0 Å². The Balaban J connectivity index is 2.47. The number of alkyl halides is 2. The van der Waals surface area contributed by atoms with Crippen molar-refractivity contribution in [2.24, 2.45) is 17.8 Å². The molecule has 0 aromatic carbocycles. The van der Waals surface area contributed by atoms with E-state index in [2.05, 4.69) is 0 Å². The molecule has 1 rings (SSSR count). The molecule has 0 spiro atoms. The lowest BCUT2D eigenvalue weighted by molar-refractivity contribution is 0.0197. The van der Waals surface area contributed by atoms with E-state index < -0.39 is 6.43 Å². The van der Waals surface area contributed by atoms with Crippen molar-refractivity contribution in [3.63, 3.8) is 0 Å². The van der Waals surface area contributed by atoms with Crippen LogP contribution in [0.2, 0.25) is 0 Å². The third-order valence-electron chi connectivity index (χ3n) is 3.32. The largest absolute Gasteiger partial charge is 0.241 e. The van der Waals surface area contributed by atoms with Gasteiger partial charge in [0.2, 0.25) is 6.43 Å². The first-order chi connectivity index (χ1) is 6.61. The van der Waals surface area contributed by atoms with Crippen LogP contribution in [0.4, 0.5) is 8.78 Å². The maximum absolute atomic E-state index is 12.8. The summed E-state index contributed by atoms with van der Waals surface area (Å²) in [5.74, 6) is 0.359. The minimum Gasteiger partial charge on any atom is -0.210 e. The predicted octanol–water partition coefficient (Wildman–Crippen LogP) is 4.49. The Bertz CT molecular complexity index is 148. The van der Waals surface area contributed by atoms with Gasteiger partial charge in [-0.05, 0) is 31.1 Å². The van der Waals surface area contributed by atoms with Crippen LogP contribution in [-0.4, -0.2) is 6.43 Å². The van der Waals surface area contributed by atoms with Crippen molar-refractivity contribution in [1.29, 1.82) is 0 Å². The van der Waals surface area contributed by atoms with Crippen LogP contribution in [0.25, 0.3) is 0 Å². The third kappa shape index (κ3) is 3.55. The molecule has 1 unspecified atom stereocenters. The van der Waals surface area contributed by atoms with Gasteiger partial charge in [0.15, 0.2) is 0 Å². The third-order valence-corrected chi connectivity index (χ3v) is 3.32. The minimum atomic E-state index is -2.11. The summed E-state index contributed by atoms with van der Waals surface area (Å²) in [5, 5.41) is 0. The van der Waals surface area contributed by atoms with Gasteiger partial charge in [0.05, 0.1) is 0 Å². The molecule has 0 aromatic heterocycles. The molecule has 1 aliphatic rings. The first kappa shape index (κ1) is 11.9. The Morgan fingerprint density at radius 1 is 1.07 bits per heavy atom. The fraction of sp³-hybridized carbons (Fsp3) is 1.00. The van der Waals surface area contributed by atoms with Crippen LogP contribution in [0.1, 0.15) is 52.4 Å². The van der Waals surface area contributed by atoms with Gasteiger partial charge in [-0.2, -0.15) is 0 Å². The Labute approximate surface area is 86.1 Å². The highest BCUT2D eigenvalue weighted by atomic mass is 19.3. The highest BCUT2D eigenvalue weighted by Gasteiger charge is 2.30.